The summed E-state index contributed by atoms with van der Waals surface area (Å²) in [6.45, 7) is 0.932. The Morgan fingerprint density at radius 1 is 0.914 bits per heavy atom. The highest BCUT2D eigenvalue weighted by Gasteiger charge is 2.35. The predicted molar refractivity (Wildman–Crippen MR) is 132 cm³/mol. The number of hydrogen-bond donors (Lipinski definition) is 0. The Morgan fingerprint density at radius 3 is 2.31 bits per heavy atom. The Bertz CT molecular complexity index is 1550. The van der Waals surface area contributed by atoms with Crippen LogP contribution < -0.4 is 25.5 Å². The average Bonchev–Trinajstić information content (AvgIpc) is 3.25. The van der Waals surface area contributed by atoms with E-state index in [0.29, 0.717) is 41.3 Å². The maximum absolute atomic E-state index is 13.5. The molecule has 5 rings (SSSR count). The third kappa shape index (κ3) is 3.34. The second-order valence-electron chi connectivity index (χ2n) is 8.38. The molecular weight excluding hydrogens is 450 g/mol. The molecule has 0 N–H and O–H groups in total. The summed E-state index contributed by atoms with van der Waals surface area (Å²) in [5, 5.41) is 0.465. The molecule has 1 atom stereocenters. The van der Waals surface area contributed by atoms with Gasteiger partial charge in [-0.3, -0.25) is 13.9 Å². The highest BCUT2D eigenvalue weighted by molar-refractivity contribution is 5.96. The molecule has 9 nitrogen and oxygen atoms in total. The summed E-state index contributed by atoms with van der Waals surface area (Å²) in [6.07, 6.45) is -0.582. The van der Waals surface area contributed by atoms with Crippen LogP contribution in [0.15, 0.2) is 52.1 Å². The van der Waals surface area contributed by atoms with Crippen molar-refractivity contribution >= 4 is 10.9 Å². The van der Waals surface area contributed by atoms with Crippen LogP contribution in [0.3, 0.4) is 0 Å². The molecule has 2 aromatic carbocycles. The van der Waals surface area contributed by atoms with Crippen LogP contribution in [0, 0.1) is 0 Å². The number of fused-ring (bicyclic) bond motifs is 3. The largest absolute Gasteiger partial charge is 0.497 e. The highest BCUT2D eigenvalue weighted by atomic mass is 16.5. The molecule has 0 saturated carbocycles. The van der Waals surface area contributed by atoms with Crippen LogP contribution in [-0.2, 0) is 25.4 Å². The zero-order chi connectivity index (χ0) is 24.9. The van der Waals surface area contributed by atoms with Crippen molar-refractivity contribution in [3.63, 3.8) is 0 Å². The predicted octanol–water partition coefficient (Wildman–Crippen LogP) is 2.85. The third-order valence-corrected chi connectivity index (χ3v) is 6.63. The summed E-state index contributed by atoms with van der Waals surface area (Å²) in [6, 6.07) is 13.1. The summed E-state index contributed by atoms with van der Waals surface area (Å²) in [5.41, 5.74) is 2.84. The Hall–Kier alpha value is -3.98. The standard InChI is InChI=1S/C26H27N3O6/c1-27-21-19(25(30)28(2)26(27)31)20(15-9-11-16(32-3)12-10-15)29-13-14-35-24(22(21)29)17-7-6-8-18(33-4)23(17)34-5/h6-12,24H,13-14H2,1-5H3/t24-/m0/s1. The Balaban J connectivity index is 1.91. The van der Waals surface area contributed by atoms with E-state index in [2.05, 4.69) is 4.57 Å². The molecule has 0 fully saturated rings. The monoisotopic (exact) mass is 477 g/mol. The van der Waals surface area contributed by atoms with Crippen molar-refractivity contribution in [2.75, 3.05) is 27.9 Å². The zero-order valence-electron chi connectivity index (χ0n) is 20.3. The fourth-order valence-corrected chi connectivity index (χ4v) is 4.98. The molecule has 0 aliphatic carbocycles. The van der Waals surface area contributed by atoms with Gasteiger partial charge in [-0.15, -0.1) is 0 Å². The van der Waals surface area contributed by atoms with Gasteiger partial charge in [0.05, 0.1) is 50.2 Å². The van der Waals surface area contributed by atoms with Crippen LogP contribution >= 0.6 is 0 Å². The molecule has 0 unspecified atom stereocenters. The van der Waals surface area contributed by atoms with E-state index in [0.717, 1.165) is 27.1 Å². The summed E-state index contributed by atoms with van der Waals surface area (Å²) in [5.74, 6) is 1.83. The van der Waals surface area contributed by atoms with Crippen LogP contribution in [-0.4, -0.2) is 41.6 Å². The topological polar surface area (TPSA) is 85.9 Å². The molecule has 0 amide bonds. The van der Waals surface area contributed by atoms with E-state index in [9.17, 15) is 9.59 Å². The SMILES string of the molecule is COc1ccc(-c2c3c(=O)n(C)c(=O)n(C)c3c3n2CCO[C@H]3c2cccc(OC)c2OC)cc1. The van der Waals surface area contributed by atoms with E-state index in [1.807, 2.05) is 42.5 Å². The minimum Gasteiger partial charge on any atom is -0.497 e. The van der Waals surface area contributed by atoms with Crippen molar-refractivity contribution in [1.82, 2.24) is 13.7 Å². The van der Waals surface area contributed by atoms with Gasteiger partial charge in [0.2, 0.25) is 0 Å². The number of para-hydroxylation sites is 1. The number of ether oxygens (including phenoxy) is 4. The van der Waals surface area contributed by atoms with Gasteiger partial charge in [0.25, 0.3) is 5.56 Å². The number of aromatic nitrogens is 3. The number of hydrogen-bond acceptors (Lipinski definition) is 6. The fourth-order valence-electron chi connectivity index (χ4n) is 4.98. The van der Waals surface area contributed by atoms with Crippen molar-refractivity contribution < 1.29 is 18.9 Å². The molecule has 2 aromatic heterocycles. The lowest BCUT2D eigenvalue weighted by Gasteiger charge is -2.29. The molecule has 0 radical (unpaired) electrons. The first kappa shape index (κ1) is 22.8. The van der Waals surface area contributed by atoms with Crippen LogP contribution in [0.5, 0.6) is 17.2 Å². The molecule has 0 bridgehead atoms. The molecule has 0 saturated heterocycles. The maximum Gasteiger partial charge on any atom is 0.331 e. The van der Waals surface area contributed by atoms with Gasteiger partial charge in [0.15, 0.2) is 11.5 Å². The molecule has 1 aliphatic rings. The fraction of sp³-hybridized carbons (Fsp3) is 0.308. The first-order valence-corrected chi connectivity index (χ1v) is 11.2. The van der Waals surface area contributed by atoms with Gasteiger partial charge < -0.3 is 23.5 Å². The van der Waals surface area contributed by atoms with Crippen molar-refractivity contribution in [1.29, 1.82) is 0 Å². The third-order valence-electron chi connectivity index (χ3n) is 6.63. The number of rotatable bonds is 5. The minimum absolute atomic E-state index is 0.354. The summed E-state index contributed by atoms with van der Waals surface area (Å²) in [4.78, 5) is 26.5. The second kappa shape index (κ2) is 8.66. The van der Waals surface area contributed by atoms with Gasteiger partial charge in [0.1, 0.15) is 11.9 Å². The number of benzene rings is 2. The lowest BCUT2D eigenvalue weighted by molar-refractivity contribution is 0.0462. The highest BCUT2D eigenvalue weighted by Crippen LogP contribution is 2.45. The van der Waals surface area contributed by atoms with Crippen LogP contribution in [0.4, 0.5) is 0 Å². The van der Waals surface area contributed by atoms with E-state index in [1.54, 1.807) is 28.4 Å². The first-order chi connectivity index (χ1) is 16.9. The van der Waals surface area contributed by atoms with Crippen LogP contribution in [0.2, 0.25) is 0 Å². The number of methoxy groups -OCH3 is 3. The lowest BCUT2D eigenvalue weighted by Crippen LogP contribution is -2.37. The Labute approximate surface area is 201 Å². The smallest absolute Gasteiger partial charge is 0.331 e. The summed E-state index contributed by atoms with van der Waals surface area (Å²) >= 11 is 0. The van der Waals surface area contributed by atoms with Crippen molar-refractivity contribution in [2.45, 2.75) is 12.6 Å². The van der Waals surface area contributed by atoms with Gasteiger partial charge in [-0.2, -0.15) is 0 Å². The van der Waals surface area contributed by atoms with E-state index in [-0.39, 0.29) is 5.56 Å². The average molecular weight is 478 g/mol. The van der Waals surface area contributed by atoms with E-state index < -0.39 is 11.8 Å². The van der Waals surface area contributed by atoms with Crippen molar-refractivity contribution in [2.24, 2.45) is 14.1 Å². The first-order valence-electron chi connectivity index (χ1n) is 11.2. The molecule has 9 heteroatoms. The van der Waals surface area contributed by atoms with E-state index >= 15 is 0 Å². The lowest BCUT2D eigenvalue weighted by atomic mass is 10.0. The quantitative estimate of drug-likeness (QED) is 0.440. The molecule has 1 aliphatic heterocycles. The Morgan fingerprint density at radius 2 is 1.66 bits per heavy atom. The molecule has 182 valence electrons. The van der Waals surface area contributed by atoms with Crippen LogP contribution in [0.25, 0.3) is 22.2 Å². The van der Waals surface area contributed by atoms with Gasteiger partial charge in [0, 0.05) is 26.2 Å². The maximum atomic E-state index is 13.5. The Kier molecular flexibility index (Phi) is 5.64. The van der Waals surface area contributed by atoms with Gasteiger partial charge in [-0.1, -0.05) is 12.1 Å². The molecular formula is C26H27N3O6. The minimum atomic E-state index is -0.582. The van der Waals surface area contributed by atoms with Crippen molar-refractivity contribution in [3.05, 3.63) is 74.6 Å². The van der Waals surface area contributed by atoms with Gasteiger partial charge >= 0.3 is 5.69 Å². The summed E-state index contributed by atoms with van der Waals surface area (Å²) in [7, 11) is 7.94. The molecule has 4 aromatic rings. The molecule has 35 heavy (non-hydrogen) atoms. The molecule has 3 heterocycles. The van der Waals surface area contributed by atoms with E-state index in [1.165, 1.54) is 11.6 Å². The number of aryl methyl sites for hydroxylation is 1. The molecule has 0 spiro atoms. The van der Waals surface area contributed by atoms with Gasteiger partial charge in [-0.05, 0) is 35.9 Å². The summed E-state index contributed by atoms with van der Waals surface area (Å²) < 4.78 is 27.6. The normalized spacial score (nSPS) is 15.2. The van der Waals surface area contributed by atoms with Crippen LogP contribution in [0.1, 0.15) is 17.4 Å². The second-order valence-corrected chi connectivity index (χ2v) is 8.38. The van der Waals surface area contributed by atoms with Gasteiger partial charge in [-0.25, -0.2) is 4.79 Å². The van der Waals surface area contributed by atoms with E-state index in [4.69, 9.17) is 18.9 Å². The van der Waals surface area contributed by atoms with Crippen molar-refractivity contribution in [3.8, 4) is 28.5 Å². The zero-order valence-corrected chi connectivity index (χ0v) is 20.3. The number of nitrogens with zero attached hydrogens (tertiary/aromatic N) is 3.